The lowest BCUT2D eigenvalue weighted by atomic mass is 10.1. The average molecular weight is 435 g/mol. The van der Waals surface area contributed by atoms with Crippen LogP contribution in [0, 0.1) is 6.92 Å². The SMILES string of the molecule is COCN1c2cc(Cn3c(C)nc4c(N(C)C)ncnc43)ccc2Sc2nccnc21. The number of nitrogens with zero attached hydrogens (tertiary/aromatic N) is 8. The maximum Gasteiger partial charge on any atom is 0.168 e. The van der Waals surface area contributed by atoms with Gasteiger partial charge in [-0.3, -0.25) is 4.90 Å². The molecule has 0 atom stereocenters. The molecule has 0 amide bonds. The average Bonchev–Trinajstić information content (AvgIpc) is 3.09. The molecule has 0 saturated carbocycles. The van der Waals surface area contributed by atoms with E-state index in [9.17, 15) is 0 Å². The minimum Gasteiger partial charge on any atom is -0.364 e. The number of fused-ring (bicyclic) bond motifs is 3. The zero-order valence-corrected chi connectivity index (χ0v) is 18.6. The third-order valence-corrected chi connectivity index (χ3v) is 6.20. The molecule has 0 spiro atoms. The molecule has 0 radical (unpaired) electrons. The highest BCUT2D eigenvalue weighted by atomic mass is 32.2. The van der Waals surface area contributed by atoms with Crippen molar-refractivity contribution in [2.75, 3.05) is 37.7 Å². The van der Waals surface area contributed by atoms with Gasteiger partial charge in [0.25, 0.3) is 0 Å². The van der Waals surface area contributed by atoms with E-state index < -0.39 is 0 Å². The van der Waals surface area contributed by atoms with Gasteiger partial charge >= 0.3 is 0 Å². The van der Waals surface area contributed by atoms with Crippen LogP contribution in [0.15, 0.2) is 46.8 Å². The zero-order valence-electron chi connectivity index (χ0n) is 17.8. The largest absolute Gasteiger partial charge is 0.364 e. The Hall–Kier alpha value is -3.24. The second-order valence-corrected chi connectivity index (χ2v) is 8.47. The number of rotatable bonds is 5. The standard InChI is InChI=1S/C21H22N8OS/c1-13-26-17-18(27(2)3)24-11-25-19(17)28(13)10-14-5-6-16-15(9-14)29(12-30-4)20-21(31-16)23-8-7-22-20/h5-9,11H,10,12H2,1-4H3. The van der Waals surface area contributed by atoms with Crippen molar-refractivity contribution in [2.45, 2.75) is 23.4 Å². The van der Waals surface area contributed by atoms with Gasteiger partial charge in [-0.1, -0.05) is 17.8 Å². The minimum atomic E-state index is 0.398. The van der Waals surface area contributed by atoms with Gasteiger partial charge < -0.3 is 14.2 Å². The Bertz CT molecular complexity index is 1270. The number of imidazole rings is 1. The van der Waals surface area contributed by atoms with Gasteiger partial charge in [0.05, 0.1) is 12.2 Å². The van der Waals surface area contributed by atoms with E-state index in [-0.39, 0.29) is 0 Å². The fourth-order valence-corrected chi connectivity index (χ4v) is 4.73. The molecule has 4 aromatic rings. The maximum atomic E-state index is 5.47. The van der Waals surface area contributed by atoms with Gasteiger partial charge in [0.2, 0.25) is 0 Å². The van der Waals surface area contributed by atoms with E-state index in [1.807, 2.05) is 25.9 Å². The number of hydrogen-bond donors (Lipinski definition) is 0. The van der Waals surface area contributed by atoms with Crippen LogP contribution in [-0.2, 0) is 11.3 Å². The molecule has 5 rings (SSSR count). The van der Waals surface area contributed by atoms with Crippen LogP contribution in [-0.4, -0.2) is 57.4 Å². The molecule has 0 unspecified atom stereocenters. The number of aromatic nitrogens is 6. The van der Waals surface area contributed by atoms with Gasteiger partial charge in [-0.2, -0.15) is 0 Å². The molecule has 0 fully saturated rings. The Kier molecular flexibility index (Phi) is 4.95. The van der Waals surface area contributed by atoms with Crippen molar-refractivity contribution >= 4 is 40.2 Å². The summed E-state index contributed by atoms with van der Waals surface area (Å²) in [6.45, 7) is 3.05. The smallest absolute Gasteiger partial charge is 0.168 e. The van der Waals surface area contributed by atoms with E-state index in [4.69, 9.17) is 9.72 Å². The highest BCUT2D eigenvalue weighted by molar-refractivity contribution is 7.99. The molecule has 3 aromatic heterocycles. The van der Waals surface area contributed by atoms with E-state index in [1.165, 1.54) is 0 Å². The molecule has 0 N–H and O–H groups in total. The predicted molar refractivity (Wildman–Crippen MR) is 120 cm³/mol. The van der Waals surface area contributed by atoms with Gasteiger partial charge in [-0.15, -0.1) is 0 Å². The van der Waals surface area contributed by atoms with E-state index in [0.29, 0.717) is 13.3 Å². The van der Waals surface area contributed by atoms with E-state index in [2.05, 4.69) is 47.6 Å². The van der Waals surface area contributed by atoms with Gasteiger partial charge in [0.1, 0.15) is 23.9 Å². The second-order valence-electron chi connectivity index (χ2n) is 7.44. The van der Waals surface area contributed by atoms with Crippen LogP contribution in [0.3, 0.4) is 0 Å². The van der Waals surface area contributed by atoms with E-state index in [0.717, 1.165) is 49.8 Å². The molecule has 0 aliphatic carbocycles. The summed E-state index contributed by atoms with van der Waals surface area (Å²) in [4.78, 5) is 27.8. The van der Waals surface area contributed by atoms with Crippen molar-refractivity contribution < 1.29 is 4.74 Å². The third kappa shape index (κ3) is 3.37. The number of ether oxygens (including phenoxy) is 1. The van der Waals surface area contributed by atoms with E-state index >= 15 is 0 Å². The third-order valence-electron chi connectivity index (χ3n) is 5.15. The molecule has 158 valence electrons. The zero-order chi connectivity index (χ0) is 21.5. The number of benzene rings is 1. The van der Waals surface area contributed by atoms with Crippen molar-refractivity contribution in [3.8, 4) is 0 Å². The Morgan fingerprint density at radius 2 is 1.94 bits per heavy atom. The highest BCUT2D eigenvalue weighted by Crippen LogP contribution is 2.46. The monoisotopic (exact) mass is 434 g/mol. The van der Waals surface area contributed by atoms with Crippen LogP contribution >= 0.6 is 11.8 Å². The van der Waals surface area contributed by atoms with Crippen LogP contribution in [0.2, 0.25) is 0 Å². The topological polar surface area (TPSA) is 85.1 Å². The van der Waals surface area contributed by atoms with Crippen LogP contribution < -0.4 is 9.80 Å². The first-order valence-corrected chi connectivity index (χ1v) is 10.6. The molecule has 1 aliphatic heterocycles. The van der Waals surface area contributed by atoms with Crippen LogP contribution in [0.25, 0.3) is 11.2 Å². The van der Waals surface area contributed by atoms with Gasteiger partial charge in [0, 0.05) is 38.5 Å². The number of hydrogen-bond acceptors (Lipinski definition) is 9. The Balaban J connectivity index is 1.55. The minimum absolute atomic E-state index is 0.398. The molecule has 10 heteroatoms. The lowest BCUT2D eigenvalue weighted by molar-refractivity contribution is 0.204. The Morgan fingerprint density at radius 1 is 1.10 bits per heavy atom. The van der Waals surface area contributed by atoms with Gasteiger partial charge in [-0.25, -0.2) is 24.9 Å². The quantitative estimate of drug-likeness (QED) is 0.470. The van der Waals surface area contributed by atoms with Crippen molar-refractivity contribution in [1.29, 1.82) is 0 Å². The second kappa shape index (κ2) is 7.78. The van der Waals surface area contributed by atoms with Crippen LogP contribution in [0.5, 0.6) is 0 Å². The first-order chi connectivity index (χ1) is 15.1. The predicted octanol–water partition coefficient (Wildman–Crippen LogP) is 3.25. The fourth-order valence-electron chi connectivity index (χ4n) is 3.74. The number of methoxy groups -OCH3 is 1. The van der Waals surface area contributed by atoms with Crippen molar-refractivity contribution in [1.82, 2.24) is 29.5 Å². The fraction of sp³-hybridized carbons (Fsp3) is 0.286. The molecule has 31 heavy (non-hydrogen) atoms. The lowest BCUT2D eigenvalue weighted by Gasteiger charge is -2.30. The molecule has 0 bridgehead atoms. The highest BCUT2D eigenvalue weighted by Gasteiger charge is 2.26. The normalized spacial score (nSPS) is 12.7. The molecule has 1 aromatic carbocycles. The van der Waals surface area contributed by atoms with Crippen molar-refractivity contribution in [3.05, 3.63) is 48.3 Å². The molecular weight excluding hydrogens is 412 g/mol. The molecule has 9 nitrogen and oxygen atoms in total. The van der Waals surface area contributed by atoms with Crippen molar-refractivity contribution in [3.63, 3.8) is 0 Å². The van der Waals surface area contributed by atoms with Crippen LogP contribution in [0.4, 0.5) is 17.3 Å². The molecule has 4 heterocycles. The molecular formula is C21H22N8OS. The summed E-state index contributed by atoms with van der Waals surface area (Å²) in [7, 11) is 5.61. The first kappa shape index (κ1) is 19.7. The molecule has 0 saturated heterocycles. The van der Waals surface area contributed by atoms with E-state index in [1.54, 1.807) is 37.6 Å². The summed E-state index contributed by atoms with van der Waals surface area (Å²) >= 11 is 1.62. The van der Waals surface area contributed by atoms with Crippen molar-refractivity contribution in [2.24, 2.45) is 0 Å². The first-order valence-electron chi connectivity index (χ1n) is 9.80. The Labute approximate surface area is 184 Å². The summed E-state index contributed by atoms with van der Waals surface area (Å²) in [6.07, 6.45) is 5.02. The van der Waals surface area contributed by atoms with Crippen LogP contribution in [0.1, 0.15) is 11.4 Å². The molecule has 1 aliphatic rings. The maximum absolute atomic E-state index is 5.47. The summed E-state index contributed by atoms with van der Waals surface area (Å²) in [5.74, 6) is 2.53. The van der Waals surface area contributed by atoms with Gasteiger partial charge in [-0.05, 0) is 24.6 Å². The summed E-state index contributed by atoms with van der Waals surface area (Å²) < 4.78 is 7.59. The summed E-state index contributed by atoms with van der Waals surface area (Å²) in [5, 5.41) is 0.879. The summed E-state index contributed by atoms with van der Waals surface area (Å²) in [6, 6.07) is 6.44. The summed E-state index contributed by atoms with van der Waals surface area (Å²) in [5.41, 5.74) is 3.83. The number of aryl methyl sites for hydroxylation is 1. The van der Waals surface area contributed by atoms with Gasteiger partial charge in [0.15, 0.2) is 22.8 Å². The number of anilines is 3. The Morgan fingerprint density at radius 3 is 2.74 bits per heavy atom. The lowest BCUT2D eigenvalue weighted by Crippen LogP contribution is -2.24.